The summed E-state index contributed by atoms with van der Waals surface area (Å²) in [5.41, 5.74) is 3.18. The Balaban J connectivity index is 1.70. The molecule has 152 valence electrons. The number of ether oxygens (including phenoxy) is 1. The second kappa shape index (κ2) is 7.61. The van der Waals surface area contributed by atoms with E-state index in [0.29, 0.717) is 25.1 Å². The zero-order valence-corrected chi connectivity index (χ0v) is 17.3. The summed E-state index contributed by atoms with van der Waals surface area (Å²) >= 11 is 0. The molecule has 28 heavy (non-hydrogen) atoms. The van der Waals surface area contributed by atoms with E-state index in [1.165, 1.54) is 0 Å². The molecule has 2 fully saturated rings. The van der Waals surface area contributed by atoms with Crippen molar-refractivity contribution < 1.29 is 17.6 Å². The Morgan fingerprint density at radius 1 is 1.21 bits per heavy atom. The van der Waals surface area contributed by atoms with Crippen molar-refractivity contribution in [3.05, 3.63) is 45.3 Å². The number of aryl methyl sites for hydroxylation is 2. The summed E-state index contributed by atoms with van der Waals surface area (Å²) in [5.74, 6) is 0.410. The fourth-order valence-corrected chi connectivity index (χ4v) is 6.09. The SMILES string of the molecule is Cc1ccc2c(CN(CC3CCCO3)C3CCS(=O)(=O)C3)cc(=O)oc2c1C. The van der Waals surface area contributed by atoms with Gasteiger partial charge in [0.2, 0.25) is 0 Å². The molecule has 0 amide bonds. The highest BCUT2D eigenvalue weighted by molar-refractivity contribution is 7.91. The average Bonchev–Trinajstić information content (AvgIpc) is 3.27. The van der Waals surface area contributed by atoms with Crippen molar-refractivity contribution in [2.75, 3.05) is 24.7 Å². The van der Waals surface area contributed by atoms with E-state index in [-0.39, 0.29) is 29.3 Å². The van der Waals surface area contributed by atoms with E-state index in [1.807, 2.05) is 26.0 Å². The molecule has 0 radical (unpaired) electrons. The molecule has 0 N–H and O–H groups in total. The molecule has 1 aromatic carbocycles. The molecule has 2 unspecified atom stereocenters. The van der Waals surface area contributed by atoms with Gasteiger partial charge < -0.3 is 9.15 Å². The van der Waals surface area contributed by atoms with Crippen LogP contribution in [-0.2, 0) is 21.1 Å². The topological polar surface area (TPSA) is 76.8 Å². The fraction of sp³-hybridized carbons (Fsp3) is 0.571. The van der Waals surface area contributed by atoms with Gasteiger partial charge in [-0.2, -0.15) is 0 Å². The van der Waals surface area contributed by atoms with E-state index >= 15 is 0 Å². The molecule has 0 spiro atoms. The number of benzene rings is 1. The average molecular weight is 406 g/mol. The zero-order valence-electron chi connectivity index (χ0n) is 16.4. The first-order valence-electron chi connectivity index (χ1n) is 9.91. The van der Waals surface area contributed by atoms with Crippen LogP contribution in [0.4, 0.5) is 0 Å². The lowest BCUT2D eigenvalue weighted by atomic mass is 10.0. The van der Waals surface area contributed by atoms with Crippen LogP contribution < -0.4 is 5.63 Å². The Bertz CT molecular complexity index is 1040. The van der Waals surface area contributed by atoms with Crippen molar-refractivity contribution in [3.8, 4) is 0 Å². The zero-order chi connectivity index (χ0) is 19.9. The number of rotatable bonds is 5. The lowest BCUT2D eigenvalue weighted by Gasteiger charge is -2.30. The summed E-state index contributed by atoms with van der Waals surface area (Å²) in [4.78, 5) is 14.4. The molecule has 7 heteroatoms. The maximum absolute atomic E-state index is 12.2. The van der Waals surface area contributed by atoms with E-state index in [2.05, 4.69) is 4.90 Å². The van der Waals surface area contributed by atoms with E-state index in [0.717, 1.165) is 41.5 Å². The van der Waals surface area contributed by atoms with Gasteiger partial charge in [-0.3, -0.25) is 4.90 Å². The smallest absolute Gasteiger partial charge is 0.336 e. The van der Waals surface area contributed by atoms with Crippen LogP contribution in [0.15, 0.2) is 27.4 Å². The van der Waals surface area contributed by atoms with Crippen LogP contribution in [0.3, 0.4) is 0 Å². The number of fused-ring (bicyclic) bond motifs is 1. The molecule has 3 heterocycles. The van der Waals surface area contributed by atoms with Crippen molar-refractivity contribution in [2.45, 2.75) is 51.8 Å². The summed E-state index contributed by atoms with van der Waals surface area (Å²) < 4.78 is 35.4. The Hall–Kier alpha value is -1.70. The van der Waals surface area contributed by atoms with Gasteiger partial charge in [-0.1, -0.05) is 12.1 Å². The van der Waals surface area contributed by atoms with E-state index in [4.69, 9.17) is 9.15 Å². The molecular weight excluding hydrogens is 378 g/mol. The fourth-order valence-electron chi connectivity index (χ4n) is 4.33. The number of hydrogen-bond acceptors (Lipinski definition) is 6. The largest absolute Gasteiger partial charge is 0.422 e. The standard InChI is InChI=1S/C21H27NO5S/c1-14-5-6-19-16(10-20(23)27-21(19)15(14)2)11-22(12-18-4-3-8-26-18)17-7-9-28(24,25)13-17/h5-6,10,17-18H,3-4,7-9,11-13H2,1-2H3. The quantitative estimate of drug-likeness (QED) is 0.712. The summed E-state index contributed by atoms with van der Waals surface area (Å²) in [6, 6.07) is 5.53. The monoisotopic (exact) mass is 405 g/mol. The molecule has 6 nitrogen and oxygen atoms in total. The van der Waals surface area contributed by atoms with Crippen LogP contribution in [0, 0.1) is 13.8 Å². The molecule has 2 aliphatic rings. The van der Waals surface area contributed by atoms with Crippen molar-refractivity contribution in [1.29, 1.82) is 0 Å². The predicted octanol–water partition coefficient (Wildman–Crippen LogP) is 2.58. The van der Waals surface area contributed by atoms with Crippen LogP contribution >= 0.6 is 0 Å². The Morgan fingerprint density at radius 2 is 2.04 bits per heavy atom. The normalized spacial score (nSPS) is 24.4. The lowest BCUT2D eigenvalue weighted by molar-refractivity contribution is 0.0576. The van der Waals surface area contributed by atoms with Crippen molar-refractivity contribution in [1.82, 2.24) is 4.90 Å². The van der Waals surface area contributed by atoms with E-state index in [1.54, 1.807) is 6.07 Å². The van der Waals surface area contributed by atoms with Gasteiger partial charge in [0.15, 0.2) is 9.84 Å². The third kappa shape index (κ3) is 4.02. The molecule has 2 aromatic rings. The molecule has 4 rings (SSSR count). The summed E-state index contributed by atoms with van der Waals surface area (Å²) in [5, 5.41) is 0.917. The van der Waals surface area contributed by atoms with Gasteiger partial charge in [-0.15, -0.1) is 0 Å². The minimum atomic E-state index is -2.99. The first-order chi connectivity index (χ1) is 13.3. The van der Waals surface area contributed by atoms with Gasteiger partial charge >= 0.3 is 5.63 Å². The van der Waals surface area contributed by atoms with E-state index in [9.17, 15) is 13.2 Å². The molecule has 2 saturated heterocycles. The van der Waals surface area contributed by atoms with Gasteiger partial charge in [0.1, 0.15) is 5.58 Å². The van der Waals surface area contributed by atoms with Crippen LogP contribution in [0.2, 0.25) is 0 Å². The summed E-state index contributed by atoms with van der Waals surface area (Å²) in [7, 11) is -2.99. The summed E-state index contributed by atoms with van der Waals surface area (Å²) in [6.07, 6.45) is 2.79. The third-order valence-electron chi connectivity index (χ3n) is 6.08. The van der Waals surface area contributed by atoms with Crippen LogP contribution in [0.25, 0.3) is 11.0 Å². The lowest BCUT2D eigenvalue weighted by Crippen LogP contribution is -2.40. The maximum Gasteiger partial charge on any atom is 0.336 e. The van der Waals surface area contributed by atoms with Gasteiger partial charge in [-0.25, -0.2) is 13.2 Å². The van der Waals surface area contributed by atoms with Gasteiger partial charge in [0.25, 0.3) is 0 Å². The molecular formula is C21H27NO5S. The highest BCUT2D eigenvalue weighted by atomic mass is 32.2. The first kappa shape index (κ1) is 19.6. The minimum Gasteiger partial charge on any atom is -0.422 e. The molecule has 1 aromatic heterocycles. The number of sulfone groups is 1. The van der Waals surface area contributed by atoms with Crippen molar-refractivity contribution in [3.63, 3.8) is 0 Å². The van der Waals surface area contributed by atoms with Gasteiger partial charge in [0, 0.05) is 37.2 Å². The molecule has 0 saturated carbocycles. The van der Waals surface area contributed by atoms with Crippen LogP contribution in [0.1, 0.15) is 36.0 Å². The Morgan fingerprint density at radius 3 is 2.71 bits per heavy atom. The Kier molecular flexibility index (Phi) is 5.33. The van der Waals surface area contributed by atoms with Gasteiger partial charge in [-0.05, 0) is 49.8 Å². The first-order valence-corrected chi connectivity index (χ1v) is 11.7. The predicted molar refractivity (Wildman–Crippen MR) is 108 cm³/mol. The number of hydrogen-bond donors (Lipinski definition) is 0. The van der Waals surface area contributed by atoms with Crippen molar-refractivity contribution >= 4 is 20.8 Å². The van der Waals surface area contributed by atoms with Crippen molar-refractivity contribution in [2.24, 2.45) is 0 Å². The van der Waals surface area contributed by atoms with Gasteiger partial charge in [0.05, 0.1) is 17.6 Å². The third-order valence-corrected chi connectivity index (χ3v) is 7.83. The molecule has 2 aliphatic heterocycles. The van der Waals surface area contributed by atoms with Crippen LogP contribution in [-0.4, -0.2) is 50.1 Å². The van der Waals surface area contributed by atoms with E-state index < -0.39 is 9.84 Å². The highest BCUT2D eigenvalue weighted by Gasteiger charge is 2.34. The molecule has 0 aliphatic carbocycles. The maximum atomic E-state index is 12.2. The number of nitrogens with zero attached hydrogens (tertiary/aromatic N) is 1. The Labute approximate surface area is 165 Å². The summed E-state index contributed by atoms with van der Waals surface area (Å²) in [6.45, 7) is 5.92. The minimum absolute atomic E-state index is 0.0388. The molecule has 2 atom stereocenters. The second-order valence-corrected chi connectivity index (χ2v) is 10.3. The van der Waals surface area contributed by atoms with Crippen LogP contribution in [0.5, 0.6) is 0 Å². The molecule has 0 bridgehead atoms. The second-order valence-electron chi connectivity index (χ2n) is 8.10. The highest BCUT2D eigenvalue weighted by Crippen LogP contribution is 2.27.